The summed E-state index contributed by atoms with van der Waals surface area (Å²) in [5.41, 5.74) is 9.61. The predicted octanol–water partition coefficient (Wildman–Crippen LogP) is 5.90. The first-order valence-corrected chi connectivity index (χ1v) is 11.4. The standard InChI is InChI=1S/C25H26N2O3S/c1-2-14-29-25(28)23(18-11-4-3-5-12-18)30-24-22(26)19(17-9-6-7-10-17)16-20(27-24)21-13-8-15-31-21/h2-5,8,11-13,15-17,23H,1,6-7,9-10,14,26H2. The zero-order valence-corrected chi connectivity index (χ0v) is 18.1. The van der Waals surface area contributed by atoms with Crippen LogP contribution in [0.4, 0.5) is 5.69 Å². The van der Waals surface area contributed by atoms with Crippen molar-refractivity contribution >= 4 is 23.0 Å². The van der Waals surface area contributed by atoms with E-state index in [1.807, 2.05) is 47.8 Å². The maximum atomic E-state index is 12.8. The lowest BCUT2D eigenvalue weighted by atomic mass is 9.96. The number of rotatable bonds is 8. The lowest BCUT2D eigenvalue weighted by Gasteiger charge is -2.21. The molecule has 0 aliphatic heterocycles. The van der Waals surface area contributed by atoms with Crippen molar-refractivity contribution in [2.45, 2.75) is 37.7 Å². The van der Waals surface area contributed by atoms with Gasteiger partial charge in [-0.25, -0.2) is 9.78 Å². The molecule has 0 amide bonds. The number of nitrogens with two attached hydrogens (primary N) is 1. The van der Waals surface area contributed by atoms with Gasteiger partial charge in [0.15, 0.2) is 0 Å². The second-order valence-electron chi connectivity index (χ2n) is 7.60. The van der Waals surface area contributed by atoms with E-state index < -0.39 is 12.1 Å². The molecule has 0 radical (unpaired) electrons. The normalized spacial score (nSPS) is 14.8. The number of aromatic nitrogens is 1. The van der Waals surface area contributed by atoms with E-state index in [0.717, 1.165) is 29.0 Å². The number of hydrogen-bond acceptors (Lipinski definition) is 6. The molecule has 2 aromatic heterocycles. The number of esters is 1. The van der Waals surface area contributed by atoms with Gasteiger partial charge in [-0.15, -0.1) is 11.3 Å². The third-order valence-corrected chi connectivity index (χ3v) is 6.41. The highest BCUT2D eigenvalue weighted by molar-refractivity contribution is 7.13. The molecule has 0 saturated heterocycles. The van der Waals surface area contributed by atoms with Gasteiger partial charge in [0.1, 0.15) is 6.61 Å². The van der Waals surface area contributed by atoms with E-state index >= 15 is 0 Å². The Kier molecular flexibility index (Phi) is 6.67. The van der Waals surface area contributed by atoms with Gasteiger partial charge in [-0.2, -0.15) is 0 Å². The highest BCUT2D eigenvalue weighted by Gasteiger charge is 2.28. The van der Waals surface area contributed by atoms with E-state index in [2.05, 4.69) is 12.6 Å². The van der Waals surface area contributed by atoms with Crippen LogP contribution in [-0.2, 0) is 9.53 Å². The lowest BCUT2D eigenvalue weighted by Crippen LogP contribution is -2.23. The first-order chi connectivity index (χ1) is 15.2. The Morgan fingerprint density at radius 3 is 2.68 bits per heavy atom. The van der Waals surface area contributed by atoms with Crippen molar-refractivity contribution < 1.29 is 14.3 Å². The van der Waals surface area contributed by atoms with Crippen LogP contribution in [0.5, 0.6) is 5.88 Å². The summed E-state index contributed by atoms with van der Waals surface area (Å²) in [6, 6.07) is 15.4. The molecule has 1 aromatic carbocycles. The number of hydrogen-bond donors (Lipinski definition) is 1. The number of benzene rings is 1. The number of anilines is 1. The quantitative estimate of drug-likeness (QED) is 0.353. The summed E-state index contributed by atoms with van der Waals surface area (Å²) < 4.78 is 11.5. The molecule has 2 N–H and O–H groups in total. The number of pyridine rings is 1. The van der Waals surface area contributed by atoms with Crippen molar-refractivity contribution in [2.75, 3.05) is 12.3 Å². The maximum absolute atomic E-state index is 12.8. The molecule has 1 aliphatic rings. The molecule has 6 heteroatoms. The fourth-order valence-electron chi connectivity index (χ4n) is 3.97. The zero-order chi connectivity index (χ0) is 21.6. The number of thiophene rings is 1. The van der Waals surface area contributed by atoms with E-state index in [1.165, 1.54) is 18.9 Å². The van der Waals surface area contributed by atoms with Crippen molar-refractivity contribution in [3.63, 3.8) is 0 Å². The Hall–Kier alpha value is -3.12. The van der Waals surface area contributed by atoms with Gasteiger partial charge in [0.05, 0.1) is 16.3 Å². The van der Waals surface area contributed by atoms with Crippen LogP contribution in [0.15, 0.2) is 66.6 Å². The maximum Gasteiger partial charge on any atom is 0.352 e. The topological polar surface area (TPSA) is 74.4 Å². The molecule has 1 atom stereocenters. The van der Waals surface area contributed by atoms with Gasteiger partial charge in [-0.05, 0) is 41.8 Å². The van der Waals surface area contributed by atoms with Gasteiger partial charge >= 0.3 is 5.97 Å². The van der Waals surface area contributed by atoms with Crippen LogP contribution in [0.3, 0.4) is 0 Å². The lowest BCUT2D eigenvalue weighted by molar-refractivity contribution is -0.151. The molecular formula is C25H26N2O3S. The van der Waals surface area contributed by atoms with E-state index in [4.69, 9.17) is 20.2 Å². The van der Waals surface area contributed by atoms with Gasteiger partial charge in [-0.3, -0.25) is 0 Å². The minimum Gasteiger partial charge on any atom is -0.458 e. The fourth-order valence-corrected chi connectivity index (χ4v) is 4.66. The molecule has 3 aromatic rings. The average Bonchev–Trinajstić information content (AvgIpc) is 3.52. The Labute approximate surface area is 186 Å². The predicted molar refractivity (Wildman–Crippen MR) is 124 cm³/mol. The molecule has 0 spiro atoms. The summed E-state index contributed by atoms with van der Waals surface area (Å²) >= 11 is 1.61. The second kappa shape index (κ2) is 9.79. The monoisotopic (exact) mass is 434 g/mol. The summed E-state index contributed by atoms with van der Waals surface area (Å²) in [7, 11) is 0. The molecule has 160 valence electrons. The number of carbonyl (C=O) groups excluding carboxylic acids is 1. The largest absolute Gasteiger partial charge is 0.458 e. The molecule has 31 heavy (non-hydrogen) atoms. The molecule has 2 heterocycles. The van der Waals surface area contributed by atoms with Crippen molar-refractivity contribution in [3.05, 3.63) is 77.7 Å². The average molecular weight is 435 g/mol. The molecule has 0 bridgehead atoms. The van der Waals surface area contributed by atoms with Crippen LogP contribution in [0, 0.1) is 0 Å². The molecule has 1 saturated carbocycles. The highest BCUT2D eigenvalue weighted by atomic mass is 32.1. The van der Waals surface area contributed by atoms with Crippen molar-refractivity contribution in [2.24, 2.45) is 0 Å². The summed E-state index contributed by atoms with van der Waals surface area (Å²) in [5, 5.41) is 2.02. The number of nitrogen functional groups attached to an aromatic ring is 1. The molecular weight excluding hydrogens is 408 g/mol. The third-order valence-electron chi connectivity index (χ3n) is 5.51. The van der Waals surface area contributed by atoms with E-state index in [0.29, 0.717) is 17.2 Å². The summed E-state index contributed by atoms with van der Waals surface area (Å²) in [5.74, 6) is 0.153. The Balaban J connectivity index is 1.75. The first kappa shape index (κ1) is 21.1. The van der Waals surface area contributed by atoms with Crippen molar-refractivity contribution in [1.29, 1.82) is 0 Å². The number of carbonyl (C=O) groups is 1. The van der Waals surface area contributed by atoms with Gasteiger partial charge in [0.25, 0.3) is 0 Å². The molecule has 1 fully saturated rings. The van der Waals surface area contributed by atoms with E-state index in [-0.39, 0.29) is 12.5 Å². The number of nitrogens with zero attached hydrogens (tertiary/aromatic N) is 1. The molecule has 5 nitrogen and oxygen atoms in total. The summed E-state index contributed by atoms with van der Waals surface area (Å²) in [6.45, 7) is 3.72. The minimum absolute atomic E-state index is 0.108. The van der Waals surface area contributed by atoms with Crippen molar-refractivity contribution in [3.8, 4) is 16.5 Å². The van der Waals surface area contributed by atoms with Crippen molar-refractivity contribution in [1.82, 2.24) is 4.98 Å². The number of ether oxygens (including phenoxy) is 2. The van der Waals surface area contributed by atoms with Crippen LogP contribution >= 0.6 is 11.3 Å². The van der Waals surface area contributed by atoms with E-state index in [9.17, 15) is 4.79 Å². The molecule has 4 rings (SSSR count). The fraction of sp³-hybridized carbons (Fsp3) is 0.280. The highest BCUT2D eigenvalue weighted by Crippen LogP contribution is 2.42. The van der Waals surface area contributed by atoms with Crippen LogP contribution in [0.25, 0.3) is 10.6 Å². The molecule has 1 aliphatic carbocycles. The van der Waals surface area contributed by atoms with Gasteiger partial charge in [0.2, 0.25) is 12.0 Å². The Morgan fingerprint density at radius 2 is 2.00 bits per heavy atom. The van der Waals surface area contributed by atoms with E-state index in [1.54, 1.807) is 11.3 Å². The smallest absolute Gasteiger partial charge is 0.352 e. The first-order valence-electron chi connectivity index (χ1n) is 10.5. The molecule has 1 unspecified atom stereocenters. The Morgan fingerprint density at radius 1 is 1.23 bits per heavy atom. The summed E-state index contributed by atoms with van der Waals surface area (Å²) in [6.07, 6.45) is 5.14. The van der Waals surface area contributed by atoms with Crippen LogP contribution < -0.4 is 10.5 Å². The second-order valence-corrected chi connectivity index (χ2v) is 8.55. The Bertz CT molecular complexity index is 1030. The van der Waals surface area contributed by atoms with Gasteiger partial charge in [-0.1, -0.05) is 61.9 Å². The third kappa shape index (κ3) is 4.80. The van der Waals surface area contributed by atoms with Gasteiger partial charge in [0, 0.05) is 5.56 Å². The minimum atomic E-state index is -0.967. The zero-order valence-electron chi connectivity index (χ0n) is 17.3. The van der Waals surface area contributed by atoms with Crippen LogP contribution in [0.2, 0.25) is 0 Å². The van der Waals surface area contributed by atoms with Crippen LogP contribution in [0.1, 0.15) is 48.8 Å². The SMILES string of the molecule is C=CCOC(=O)C(Oc1nc(-c2cccs2)cc(C2CCCC2)c1N)c1ccccc1. The van der Waals surface area contributed by atoms with Gasteiger partial charge < -0.3 is 15.2 Å². The summed E-state index contributed by atoms with van der Waals surface area (Å²) in [4.78, 5) is 18.6. The van der Waals surface area contributed by atoms with Crippen LogP contribution in [-0.4, -0.2) is 17.6 Å².